The summed E-state index contributed by atoms with van der Waals surface area (Å²) in [5.41, 5.74) is 1.72. The number of aromatic nitrogens is 4. The van der Waals surface area contributed by atoms with Crippen molar-refractivity contribution in [3.63, 3.8) is 0 Å². The molecule has 0 bridgehead atoms. The minimum absolute atomic E-state index is 0.00409. The van der Waals surface area contributed by atoms with Crippen molar-refractivity contribution in [1.82, 2.24) is 24.8 Å². The van der Waals surface area contributed by atoms with Crippen LogP contribution in [0.1, 0.15) is 52.5 Å². The summed E-state index contributed by atoms with van der Waals surface area (Å²) in [6.45, 7) is 5.60. The molecular formula is C22H28FN7O. The first-order valence-electron chi connectivity index (χ1n) is 10.7. The van der Waals surface area contributed by atoms with E-state index >= 15 is 0 Å². The molecule has 2 aromatic heterocycles. The number of para-hydroxylation sites is 1. The van der Waals surface area contributed by atoms with Crippen LogP contribution < -0.4 is 16.0 Å². The van der Waals surface area contributed by atoms with E-state index in [2.05, 4.69) is 30.5 Å². The Balaban J connectivity index is 1.70. The van der Waals surface area contributed by atoms with Gasteiger partial charge in [-0.3, -0.25) is 9.36 Å². The number of carbonyl (C=O) groups excluding carboxylic acids is 1. The third-order valence-electron chi connectivity index (χ3n) is 5.44. The molecule has 1 aromatic carbocycles. The Morgan fingerprint density at radius 3 is 2.58 bits per heavy atom. The molecule has 2 heterocycles. The van der Waals surface area contributed by atoms with E-state index in [1.165, 1.54) is 6.07 Å². The van der Waals surface area contributed by atoms with Crippen LogP contribution in [0.3, 0.4) is 0 Å². The number of nitrogens with one attached hydrogen (secondary N) is 3. The van der Waals surface area contributed by atoms with Crippen LogP contribution in [0.15, 0.2) is 30.5 Å². The van der Waals surface area contributed by atoms with E-state index in [4.69, 9.17) is 4.98 Å². The van der Waals surface area contributed by atoms with Gasteiger partial charge in [0.15, 0.2) is 5.65 Å². The van der Waals surface area contributed by atoms with Crippen LogP contribution in [0.5, 0.6) is 0 Å². The zero-order valence-corrected chi connectivity index (χ0v) is 18.0. The van der Waals surface area contributed by atoms with Crippen LogP contribution in [0.25, 0.3) is 11.2 Å². The second-order valence-electron chi connectivity index (χ2n) is 8.32. The van der Waals surface area contributed by atoms with E-state index in [0.717, 1.165) is 25.7 Å². The van der Waals surface area contributed by atoms with Gasteiger partial charge in [-0.25, -0.2) is 14.4 Å². The lowest BCUT2D eigenvalue weighted by molar-refractivity contribution is -0.119. The Hall–Kier alpha value is -3.23. The minimum Gasteiger partial charge on any atom is -0.354 e. The van der Waals surface area contributed by atoms with Gasteiger partial charge in [0, 0.05) is 25.0 Å². The molecule has 1 saturated carbocycles. The summed E-state index contributed by atoms with van der Waals surface area (Å²) in [5, 5.41) is 9.40. The van der Waals surface area contributed by atoms with E-state index in [-0.39, 0.29) is 29.8 Å². The lowest BCUT2D eigenvalue weighted by atomic mass is 9.91. The molecule has 0 aliphatic heterocycles. The van der Waals surface area contributed by atoms with Gasteiger partial charge in [-0.15, -0.1) is 0 Å². The first-order chi connectivity index (χ1) is 14.9. The molecule has 31 heavy (non-hydrogen) atoms. The number of benzene rings is 1. The second-order valence-corrected chi connectivity index (χ2v) is 8.32. The molecule has 0 spiro atoms. The van der Waals surface area contributed by atoms with Crippen LogP contribution in [0, 0.1) is 5.82 Å². The summed E-state index contributed by atoms with van der Waals surface area (Å²) in [7, 11) is 0. The molecule has 0 atom stereocenters. The molecule has 3 aromatic rings. The number of carbonyl (C=O) groups is 1. The number of rotatable bonds is 6. The van der Waals surface area contributed by atoms with Crippen LogP contribution in [-0.4, -0.2) is 37.5 Å². The van der Waals surface area contributed by atoms with Crippen molar-refractivity contribution in [1.29, 1.82) is 0 Å². The Kier molecular flexibility index (Phi) is 6.01. The van der Waals surface area contributed by atoms with E-state index in [1.807, 2.05) is 13.8 Å². The smallest absolute Gasteiger partial charge is 0.224 e. The van der Waals surface area contributed by atoms with E-state index in [0.29, 0.717) is 28.7 Å². The number of imidazole rings is 1. The SMILES string of the molecule is CC(=O)N[C@H]1CC[C@H](n2c(Nc3ccccc3F)nc3cnc(NC(C)C)nc32)CC1. The molecule has 4 rings (SSSR count). The number of anilines is 3. The highest BCUT2D eigenvalue weighted by Crippen LogP contribution is 2.35. The summed E-state index contributed by atoms with van der Waals surface area (Å²) in [4.78, 5) is 25.2. The molecule has 1 fully saturated rings. The van der Waals surface area contributed by atoms with Gasteiger partial charge >= 0.3 is 0 Å². The van der Waals surface area contributed by atoms with Crippen LogP contribution in [0.2, 0.25) is 0 Å². The van der Waals surface area contributed by atoms with Gasteiger partial charge in [-0.1, -0.05) is 12.1 Å². The Morgan fingerprint density at radius 2 is 1.90 bits per heavy atom. The highest BCUT2D eigenvalue weighted by Gasteiger charge is 2.27. The van der Waals surface area contributed by atoms with E-state index in [1.54, 1.807) is 31.3 Å². The fourth-order valence-corrected chi connectivity index (χ4v) is 4.10. The highest BCUT2D eigenvalue weighted by molar-refractivity contribution is 5.77. The highest BCUT2D eigenvalue weighted by atomic mass is 19.1. The fraction of sp³-hybridized carbons (Fsp3) is 0.455. The lowest BCUT2D eigenvalue weighted by Gasteiger charge is -2.30. The third-order valence-corrected chi connectivity index (χ3v) is 5.44. The summed E-state index contributed by atoms with van der Waals surface area (Å²) in [5.74, 6) is 0.728. The van der Waals surface area contributed by atoms with Crippen LogP contribution >= 0.6 is 0 Å². The van der Waals surface area contributed by atoms with E-state index < -0.39 is 0 Å². The van der Waals surface area contributed by atoms with Crippen molar-refractivity contribution in [2.24, 2.45) is 0 Å². The number of fused-ring (bicyclic) bond motifs is 1. The van der Waals surface area contributed by atoms with E-state index in [9.17, 15) is 9.18 Å². The predicted molar refractivity (Wildman–Crippen MR) is 119 cm³/mol. The van der Waals surface area contributed by atoms with Gasteiger partial charge in [0.25, 0.3) is 0 Å². The molecule has 9 heteroatoms. The molecule has 3 N–H and O–H groups in total. The van der Waals surface area contributed by atoms with Gasteiger partial charge < -0.3 is 16.0 Å². The number of nitrogens with zero attached hydrogens (tertiary/aromatic N) is 4. The molecule has 8 nitrogen and oxygen atoms in total. The summed E-state index contributed by atoms with van der Waals surface area (Å²) < 4.78 is 16.4. The molecule has 0 radical (unpaired) electrons. The maximum absolute atomic E-state index is 14.3. The summed E-state index contributed by atoms with van der Waals surface area (Å²) in [6.07, 6.45) is 5.15. The first kappa shape index (κ1) is 21.0. The Labute approximate surface area is 180 Å². The first-order valence-corrected chi connectivity index (χ1v) is 10.7. The van der Waals surface area contributed by atoms with Crippen molar-refractivity contribution in [3.8, 4) is 0 Å². The second kappa shape index (κ2) is 8.87. The van der Waals surface area contributed by atoms with Crippen molar-refractivity contribution in [3.05, 3.63) is 36.3 Å². The number of hydrogen-bond donors (Lipinski definition) is 3. The molecule has 1 aliphatic rings. The van der Waals surface area contributed by atoms with Crippen LogP contribution in [0.4, 0.5) is 22.0 Å². The van der Waals surface area contributed by atoms with Gasteiger partial charge in [-0.05, 0) is 51.7 Å². The Morgan fingerprint density at radius 1 is 1.16 bits per heavy atom. The van der Waals surface area contributed by atoms with Gasteiger partial charge in [0.05, 0.1) is 11.9 Å². The topological polar surface area (TPSA) is 96.8 Å². The third kappa shape index (κ3) is 4.76. The Bertz CT molecular complexity index is 1070. The summed E-state index contributed by atoms with van der Waals surface area (Å²) >= 11 is 0. The molecule has 1 amide bonds. The van der Waals surface area contributed by atoms with Gasteiger partial charge in [0.1, 0.15) is 11.3 Å². The largest absolute Gasteiger partial charge is 0.354 e. The fourth-order valence-electron chi connectivity index (χ4n) is 4.10. The monoisotopic (exact) mass is 425 g/mol. The summed E-state index contributed by atoms with van der Waals surface area (Å²) in [6, 6.07) is 7.04. The molecular weight excluding hydrogens is 397 g/mol. The predicted octanol–water partition coefficient (Wildman–Crippen LogP) is 4.15. The normalized spacial score (nSPS) is 18.9. The molecule has 164 valence electrons. The van der Waals surface area contributed by atoms with Gasteiger partial charge in [-0.2, -0.15) is 4.98 Å². The van der Waals surface area contributed by atoms with Crippen LogP contribution in [-0.2, 0) is 4.79 Å². The average molecular weight is 426 g/mol. The number of hydrogen-bond acceptors (Lipinski definition) is 6. The van der Waals surface area contributed by atoms with Crippen molar-refractivity contribution in [2.45, 2.75) is 64.6 Å². The quantitative estimate of drug-likeness (QED) is 0.549. The van der Waals surface area contributed by atoms with Crippen molar-refractivity contribution < 1.29 is 9.18 Å². The molecule has 0 unspecified atom stereocenters. The molecule has 0 saturated heterocycles. The average Bonchev–Trinajstić information content (AvgIpc) is 3.07. The van der Waals surface area contributed by atoms with Gasteiger partial charge in [0.2, 0.25) is 17.8 Å². The number of amides is 1. The molecule has 1 aliphatic carbocycles. The van der Waals surface area contributed by atoms with Crippen molar-refractivity contribution >= 4 is 34.7 Å². The lowest BCUT2D eigenvalue weighted by Crippen LogP contribution is -2.36. The maximum Gasteiger partial charge on any atom is 0.224 e. The maximum atomic E-state index is 14.3. The zero-order chi connectivity index (χ0) is 22.0. The minimum atomic E-state index is -0.344. The van der Waals surface area contributed by atoms with Crippen molar-refractivity contribution in [2.75, 3.05) is 10.6 Å². The zero-order valence-electron chi connectivity index (χ0n) is 18.0. The standard InChI is InChI=1S/C22H28FN7O/c1-13(2)25-21-24-12-19-20(29-21)30(16-10-8-15(9-11-16)26-14(3)31)22(28-19)27-18-7-5-4-6-17(18)23/h4-7,12-13,15-16H,8-11H2,1-3H3,(H,26,31)(H,27,28)(H,24,25,29)/t15-,16-. The number of halogens is 1.